The average molecular weight is 451 g/mol. The summed E-state index contributed by atoms with van der Waals surface area (Å²) in [4.78, 5) is 29.9. The second-order valence-corrected chi connectivity index (χ2v) is 7.92. The van der Waals surface area contributed by atoms with Crippen molar-refractivity contribution in [3.05, 3.63) is 82.0 Å². The molecule has 0 spiro atoms. The van der Waals surface area contributed by atoms with Gasteiger partial charge in [0.2, 0.25) is 5.91 Å². The summed E-state index contributed by atoms with van der Waals surface area (Å²) in [6.45, 7) is 0.372. The molecular weight excluding hydrogens is 428 g/mol. The van der Waals surface area contributed by atoms with Crippen LogP contribution in [0.2, 0.25) is 5.02 Å². The third kappa shape index (κ3) is 4.53. The van der Waals surface area contributed by atoms with E-state index in [1.54, 1.807) is 18.7 Å². The number of nitrogens with zero attached hydrogens (tertiary/aromatic N) is 3. The minimum Gasteiger partial charge on any atom is -0.497 e. The smallest absolute Gasteiger partial charge is 0.278 e. The van der Waals surface area contributed by atoms with Crippen LogP contribution in [0.4, 0.5) is 0 Å². The van der Waals surface area contributed by atoms with Gasteiger partial charge in [-0.2, -0.15) is 0 Å². The Morgan fingerprint density at radius 2 is 1.97 bits per heavy atom. The monoisotopic (exact) mass is 450 g/mol. The van der Waals surface area contributed by atoms with Crippen LogP contribution in [0, 0.1) is 0 Å². The first kappa shape index (κ1) is 21.6. The van der Waals surface area contributed by atoms with Gasteiger partial charge in [-0.3, -0.25) is 14.2 Å². The minimum absolute atomic E-state index is 0.0952. The lowest BCUT2D eigenvalue weighted by atomic mass is 10.1. The number of aryl methyl sites for hydroxylation is 1. The van der Waals surface area contributed by atoms with E-state index in [1.807, 2.05) is 54.7 Å². The van der Waals surface area contributed by atoms with Gasteiger partial charge in [0.1, 0.15) is 23.3 Å². The van der Waals surface area contributed by atoms with E-state index in [-0.39, 0.29) is 18.0 Å². The number of carbonyl (C=O) groups excluding carboxylic acids is 1. The molecule has 8 heteroatoms. The number of hydrogen-bond acceptors (Lipinski definition) is 4. The predicted octanol–water partition coefficient (Wildman–Crippen LogP) is 3.42. The third-order valence-corrected chi connectivity index (χ3v) is 5.54. The molecule has 4 aromatic rings. The molecule has 0 unspecified atom stereocenters. The predicted molar refractivity (Wildman–Crippen MR) is 125 cm³/mol. The Hall–Kier alpha value is -3.58. The van der Waals surface area contributed by atoms with Crippen LogP contribution in [-0.4, -0.2) is 33.7 Å². The van der Waals surface area contributed by atoms with Crippen LogP contribution in [0.5, 0.6) is 5.75 Å². The summed E-state index contributed by atoms with van der Waals surface area (Å²) in [6.07, 6.45) is 3.97. The molecule has 0 radical (unpaired) electrons. The summed E-state index contributed by atoms with van der Waals surface area (Å²) in [5.74, 6) is 0.479. The summed E-state index contributed by atoms with van der Waals surface area (Å²) in [7, 11) is 3.41. The van der Waals surface area contributed by atoms with Gasteiger partial charge in [-0.05, 0) is 41.8 Å². The number of hydrogen-bond donors (Lipinski definition) is 1. The molecule has 1 amide bonds. The number of amides is 1. The van der Waals surface area contributed by atoms with E-state index in [2.05, 4.69) is 10.3 Å². The van der Waals surface area contributed by atoms with Crippen molar-refractivity contribution in [2.24, 2.45) is 7.05 Å². The summed E-state index contributed by atoms with van der Waals surface area (Å²) in [6, 6.07) is 15.1. The zero-order valence-corrected chi connectivity index (χ0v) is 18.6. The van der Waals surface area contributed by atoms with E-state index in [9.17, 15) is 9.59 Å². The number of fused-ring (bicyclic) bond motifs is 1. The van der Waals surface area contributed by atoms with Gasteiger partial charge in [0.15, 0.2) is 0 Å². The van der Waals surface area contributed by atoms with Crippen molar-refractivity contribution in [1.29, 1.82) is 0 Å². The van der Waals surface area contributed by atoms with E-state index in [4.69, 9.17) is 16.3 Å². The van der Waals surface area contributed by atoms with Crippen molar-refractivity contribution in [2.75, 3.05) is 13.7 Å². The summed E-state index contributed by atoms with van der Waals surface area (Å²) < 4.78 is 8.38. The number of rotatable bonds is 7. The Morgan fingerprint density at radius 1 is 1.19 bits per heavy atom. The number of carbonyl (C=O) groups is 1. The summed E-state index contributed by atoms with van der Waals surface area (Å²) in [5, 5.41) is 3.52. The third-order valence-electron chi connectivity index (χ3n) is 5.29. The molecule has 7 nitrogen and oxygen atoms in total. The molecule has 0 saturated heterocycles. The molecule has 0 atom stereocenters. The van der Waals surface area contributed by atoms with Crippen molar-refractivity contribution in [3.8, 4) is 16.9 Å². The molecule has 0 aliphatic rings. The van der Waals surface area contributed by atoms with Crippen LogP contribution in [-0.2, 0) is 24.8 Å². The Balaban J connectivity index is 1.51. The fourth-order valence-corrected chi connectivity index (χ4v) is 3.76. The Kier molecular flexibility index (Phi) is 6.28. The van der Waals surface area contributed by atoms with Gasteiger partial charge in [-0.15, -0.1) is 0 Å². The molecule has 0 saturated carbocycles. The van der Waals surface area contributed by atoms with E-state index in [1.165, 1.54) is 10.9 Å². The van der Waals surface area contributed by atoms with Gasteiger partial charge in [0.05, 0.1) is 13.4 Å². The fraction of sp³-hybridized carbons (Fsp3) is 0.208. The molecule has 1 N–H and O–H groups in total. The zero-order valence-electron chi connectivity index (χ0n) is 17.8. The Morgan fingerprint density at radius 3 is 2.72 bits per heavy atom. The van der Waals surface area contributed by atoms with Crippen LogP contribution < -0.4 is 15.6 Å². The molecule has 32 heavy (non-hydrogen) atoms. The van der Waals surface area contributed by atoms with Gasteiger partial charge in [0.25, 0.3) is 5.56 Å². The summed E-state index contributed by atoms with van der Waals surface area (Å²) >= 11 is 5.89. The Bertz CT molecular complexity index is 1330. The van der Waals surface area contributed by atoms with Crippen molar-refractivity contribution in [3.63, 3.8) is 0 Å². The van der Waals surface area contributed by atoms with E-state index >= 15 is 0 Å². The maximum atomic E-state index is 13.1. The highest BCUT2D eigenvalue weighted by Crippen LogP contribution is 2.29. The largest absolute Gasteiger partial charge is 0.497 e. The van der Waals surface area contributed by atoms with Crippen molar-refractivity contribution >= 4 is 28.5 Å². The number of nitrogens with one attached hydrogen (secondary N) is 1. The second-order valence-electron chi connectivity index (χ2n) is 7.49. The summed E-state index contributed by atoms with van der Waals surface area (Å²) in [5.41, 5.74) is 3.57. The van der Waals surface area contributed by atoms with Crippen LogP contribution in [0.1, 0.15) is 5.56 Å². The highest BCUT2D eigenvalue weighted by Gasteiger charge is 2.16. The molecule has 2 aromatic heterocycles. The van der Waals surface area contributed by atoms with Gasteiger partial charge in [-0.25, -0.2) is 4.98 Å². The van der Waals surface area contributed by atoms with Gasteiger partial charge in [-0.1, -0.05) is 35.9 Å². The molecule has 164 valence electrons. The second kappa shape index (κ2) is 9.28. The standard InChI is InChI=1S/C24H23ClN4O3/c1-28-13-20(17-4-3-5-19(12-17)32-2)22-23(28)24(31)29(15-27-22)14-21(30)26-11-10-16-6-8-18(25)9-7-16/h3-9,12-13,15H,10-11,14H2,1-2H3,(H,26,30). The molecule has 0 bridgehead atoms. The van der Waals surface area contributed by atoms with E-state index in [0.717, 1.165) is 22.4 Å². The number of benzene rings is 2. The van der Waals surface area contributed by atoms with Crippen LogP contribution in [0.15, 0.2) is 65.8 Å². The number of halogens is 1. The van der Waals surface area contributed by atoms with Gasteiger partial charge < -0.3 is 14.6 Å². The number of methoxy groups -OCH3 is 1. The topological polar surface area (TPSA) is 78.1 Å². The minimum atomic E-state index is -0.264. The van der Waals surface area contributed by atoms with Gasteiger partial charge >= 0.3 is 0 Å². The molecular formula is C24H23ClN4O3. The molecule has 0 fully saturated rings. The molecule has 0 aliphatic heterocycles. The van der Waals surface area contributed by atoms with Crippen LogP contribution >= 0.6 is 11.6 Å². The van der Waals surface area contributed by atoms with Gasteiger partial charge in [0, 0.05) is 30.4 Å². The first-order valence-electron chi connectivity index (χ1n) is 10.2. The first-order valence-corrected chi connectivity index (χ1v) is 10.5. The lowest BCUT2D eigenvalue weighted by molar-refractivity contribution is -0.121. The normalized spacial score (nSPS) is 11.0. The number of ether oxygens (including phenoxy) is 1. The highest BCUT2D eigenvalue weighted by atomic mass is 35.5. The Labute approximate surface area is 190 Å². The molecule has 2 aromatic carbocycles. The van der Waals surface area contributed by atoms with Crippen molar-refractivity contribution in [2.45, 2.75) is 13.0 Å². The highest BCUT2D eigenvalue weighted by molar-refractivity contribution is 6.30. The maximum Gasteiger partial charge on any atom is 0.278 e. The van der Waals surface area contributed by atoms with E-state index in [0.29, 0.717) is 29.0 Å². The van der Waals surface area contributed by atoms with Crippen molar-refractivity contribution in [1.82, 2.24) is 19.4 Å². The lowest BCUT2D eigenvalue weighted by Gasteiger charge is -2.08. The molecule has 0 aliphatic carbocycles. The van der Waals surface area contributed by atoms with E-state index < -0.39 is 0 Å². The molecule has 2 heterocycles. The zero-order chi connectivity index (χ0) is 22.7. The molecule has 4 rings (SSSR count). The lowest BCUT2D eigenvalue weighted by Crippen LogP contribution is -2.33. The SMILES string of the molecule is COc1cccc(-c2cn(C)c3c(=O)n(CC(=O)NCCc4ccc(Cl)cc4)cnc23)c1. The van der Waals surface area contributed by atoms with Crippen molar-refractivity contribution < 1.29 is 9.53 Å². The first-order chi connectivity index (χ1) is 15.5. The van der Waals surface area contributed by atoms with Crippen LogP contribution in [0.3, 0.4) is 0 Å². The maximum absolute atomic E-state index is 13.1. The number of aromatic nitrogens is 3. The fourth-order valence-electron chi connectivity index (χ4n) is 3.64. The quantitative estimate of drug-likeness (QED) is 0.468. The van der Waals surface area contributed by atoms with Crippen LogP contribution in [0.25, 0.3) is 22.2 Å². The average Bonchev–Trinajstić information content (AvgIpc) is 3.14.